The average molecular weight is 271 g/mol. The first-order valence-electron chi connectivity index (χ1n) is 4.87. The first-order valence-corrected chi connectivity index (χ1v) is 4.87. The Balaban J connectivity index is 3.30. The van der Waals surface area contributed by atoms with Crippen LogP contribution >= 0.6 is 0 Å². The molecule has 0 fully saturated rings. The second kappa shape index (κ2) is 5.27. The number of nitro benzene ring substituents is 2. The summed E-state index contributed by atoms with van der Waals surface area (Å²) in [5, 5.41) is 39.3. The third kappa shape index (κ3) is 3.13. The molecular formula is C9H9N3O7. The summed E-state index contributed by atoms with van der Waals surface area (Å²) in [5.41, 5.74) is 3.47. The highest BCUT2D eigenvalue weighted by Gasteiger charge is 2.27. The normalized spacial score (nSPS) is 11.8. The largest absolute Gasteiger partial charge is 0.497 e. The van der Waals surface area contributed by atoms with Crippen LogP contribution in [0, 0.1) is 20.2 Å². The highest BCUT2D eigenvalue weighted by molar-refractivity contribution is 5.74. The molecule has 10 heteroatoms. The molecule has 0 saturated heterocycles. The quantitative estimate of drug-likeness (QED) is 0.502. The molecule has 0 radical (unpaired) electrons. The standard InChI is InChI=1S/C9H9N3O7/c10-5(9(14)15)1-4-2-6(11(16)17)8(13)7(3-4)12(18)19/h2-3,5,13H,1,10H2,(H,14,15). The number of phenols is 1. The molecule has 0 spiro atoms. The van der Waals surface area contributed by atoms with Crippen LogP contribution in [-0.2, 0) is 11.2 Å². The zero-order chi connectivity index (χ0) is 14.7. The van der Waals surface area contributed by atoms with Gasteiger partial charge in [0.15, 0.2) is 0 Å². The van der Waals surface area contributed by atoms with Crippen LogP contribution in [0.2, 0.25) is 0 Å². The molecule has 19 heavy (non-hydrogen) atoms. The molecule has 0 aliphatic rings. The summed E-state index contributed by atoms with van der Waals surface area (Å²) in [7, 11) is 0. The van der Waals surface area contributed by atoms with Gasteiger partial charge in [-0.1, -0.05) is 0 Å². The Morgan fingerprint density at radius 3 is 2.00 bits per heavy atom. The summed E-state index contributed by atoms with van der Waals surface area (Å²) < 4.78 is 0. The number of hydrogen-bond donors (Lipinski definition) is 3. The highest BCUT2D eigenvalue weighted by atomic mass is 16.6. The molecule has 0 aliphatic heterocycles. The van der Waals surface area contributed by atoms with Crippen molar-refractivity contribution in [1.29, 1.82) is 0 Å². The van der Waals surface area contributed by atoms with Crippen molar-refractivity contribution in [2.24, 2.45) is 5.73 Å². The molecule has 1 rings (SSSR count). The van der Waals surface area contributed by atoms with E-state index >= 15 is 0 Å². The number of rotatable bonds is 5. The fraction of sp³-hybridized carbons (Fsp3) is 0.222. The Bertz CT molecular complexity index is 522. The van der Waals surface area contributed by atoms with E-state index in [9.17, 15) is 30.1 Å². The van der Waals surface area contributed by atoms with Gasteiger partial charge in [-0.2, -0.15) is 0 Å². The molecule has 0 heterocycles. The maximum Gasteiger partial charge on any atom is 0.320 e. The van der Waals surface area contributed by atoms with Crippen molar-refractivity contribution in [1.82, 2.24) is 0 Å². The van der Waals surface area contributed by atoms with Crippen LogP contribution in [0.1, 0.15) is 5.56 Å². The lowest BCUT2D eigenvalue weighted by molar-refractivity contribution is -0.396. The van der Waals surface area contributed by atoms with Gasteiger partial charge < -0.3 is 15.9 Å². The first-order chi connectivity index (χ1) is 8.73. The minimum Gasteiger partial charge on any atom is -0.497 e. The minimum atomic E-state index is -1.36. The van der Waals surface area contributed by atoms with Gasteiger partial charge in [0.2, 0.25) is 0 Å². The van der Waals surface area contributed by atoms with E-state index in [1.54, 1.807) is 0 Å². The lowest BCUT2D eigenvalue weighted by Gasteiger charge is -2.07. The van der Waals surface area contributed by atoms with Crippen LogP contribution in [0.5, 0.6) is 5.75 Å². The van der Waals surface area contributed by atoms with Gasteiger partial charge in [0.25, 0.3) is 5.75 Å². The fourth-order valence-electron chi connectivity index (χ4n) is 1.40. The third-order valence-electron chi connectivity index (χ3n) is 2.30. The zero-order valence-corrected chi connectivity index (χ0v) is 9.35. The highest BCUT2D eigenvalue weighted by Crippen LogP contribution is 2.36. The Hall–Kier alpha value is -2.75. The number of carbonyl (C=O) groups is 1. The summed E-state index contributed by atoms with van der Waals surface area (Å²) in [6.07, 6.45) is -0.336. The number of nitrogens with two attached hydrogens (primary N) is 1. The van der Waals surface area contributed by atoms with Crippen molar-refractivity contribution >= 4 is 17.3 Å². The predicted octanol–water partition coefficient (Wildman–Crippen LogP) is 0.163. The average Bonchev–Trinajstić information content (AvgIpc) is 2.30. The van der Waals surface area contributed by atoms with Crippen molar-refractivity contribution in [3.05, 3.63) is 37.9 Å². The number of phenolic OH excluding ortho intramolecular Hbond substituents is 1. The lowest BCUT2D eigenvalue weighted by Crippen LogP contribution is -2.32. The Labute approximate surface area is 105 Å². The smallest absolute Gasteiger partial charge is 0.320 e. The van der Waals surface area contributed by atoms with Crippen LogP contribution in [0.4, 0.5) is 11.4 Å². The molecule has 1 unspecified atom stereocenters. The number of benzene rings is 1. The van der Waals surface area contributed by atoms with Gasteiger partial charge in [0, 0.05) is 12.1 Å². The van der Waals surface area contributed by atoms with Gasteiger partial charge in [-0.15, -0.1) is 0 Å². The minimum absolute atomic E-state index is 0.0221. The van der Waals surface area contributed by atoms with Gasteiger partial charge in [0.1, 0.15) is 6.04 Å². The van der Waals surface area contributed by atoms with E-state index in [1.165, 1.54) is 0 Å². The van der Waals surface area contributed by atoms with Crippen LogP contribution in [0.25, 0.3) is 0 Å². The van der Waals surface area contributed by atoms with E-state index in [0.717, 1.165) is 12.1 Å². The van der Waals surface area contributed by atoms with E-state index in [-0.39, 0.29) is 12.0 Å². The molecule has 1 aromatic carbocycles. The zero-order valence-electron chi connectivity index (χ0n) is 9.35. The van der Waals surface area contributed by atoms with Crippen LogP contribution in [-0.4, -0.2) is 32.1 Å². The van der Waals surface area contributed by atoms with Crippen molar-refractivity contribution in [2.45, 2.75) is 12.5 Å². The second-order valence-electron chi connectivity index (χ2n) is 3.65. The molecule has 1 aromatic rings. The van der Waals surface area contributed by atoms with E-state index < -0.39 is 39.0 Å². The number of aliphatic carboxylic acids is 1. The maximum absolute atomic E-state index is 10.6. The molecule has 10 nitrogen and oxygen atoms in total. The SMILES string of the molecule is NC(Cc1cc([N+](=O)[O-])c(O)c([N+](=O)[O-])c1)C(=O)O. The van der Waals surface area contributed by atoms with Gasteiger partial charge in [-0.25, -0.2) is 0 Å². The monoisotopic (exact) mass is 271 g/mol. The topological polar surface area (TPSA) is 170 Å². The van der Waals surface area contributed by atoms with Crippen LogP contribution in [0.15, 0.2) is 12.1 Å². The van der Waals surface area contributed by atoms with Crippen molar-refractivity contribution < 1.29 is 24.9 Å². The number of nitrogens with zero attached hydrogens (tertiary/aromatic N) is 2. The summed E-state index contributed by atoms with van der Waals surface area (Å²) in [5.74, 6) is -2.43. The molecule has 0 aliphatic carbocycles. The van der Waals surface area contributed by atoms with Gasteiger partial charge in [-0.05, 0) is 12.0 Å². The maximum atomic E-state index is 10.6. The third-order valence-corrected chi connectivity index (χ3v) is 2.30. The molecule has 0 bridgehead atoms. The Morgan fingerprint density at radius 1 is 1.26 bits per heavy atom. The van der Waals surface area contributed by atoms with E-state index in [4.69, 9.17) is 10.8 Å². The van der Waals surface area contributed by atoms with Crippen molar-refractivity contribution in [3.8, 4) is 5.75 Å². The van der Waals surface area contributed by atoms with Crippen LogP contribution < -0.4 is 5.73 Å². The lowest BCUT2D eigenvalue weighted by atomic mass is 10.0. The molecule has 102 valence electrons. The van der Waals surface area contributed by atoms with Gasteiger partial charge >= 0.3 is 17.3 Å². The molecule has 0 aromatic heterocycles. The van der Waals surface area contributed by atoms with E-state index in [1.807, 2.05) is 0 Å². The molecular weight excluding hydrogens is 262 g/mol. The van der Waals surface area contributed by atoms with E-state index in [0.29, 0.717) is 0 Å². The van der Waals surface area contributed by atoms with Crippen molar-refractivity contribution in [2.75, 3.05) is 0 Å². The number of carboxylic acid groups (broad SMARTS) is 1. The molecule has 1 atom stereocenters. The first kappa shape index (κ1) is 14.3. The second-order valence-corrected chi connectivity index (χ2v) is 3.65. The molecule has 0 amide bonds. The van der Waals surface area contributed by atoms with Gasteiger partial charge in [-0.3, -0.25) is 25.0 Å². The fourth-order valence-corrected chi connectivity index (χ4v) is 1.40. The van der Waals surface area contributed by atoms with E-state index in [2.05, 4.69) is 0 Å². The van der Waals surface area contributed by atoms with Crippen LogP contribution in [0.3, 0.4) is 0 Å². The summed E-state index contributed by atoms with van der Waals surface area (Å²) >= 11 is 0. The molecule has 4 N–H and O–H groups in total. The van der Waals surface area contributed by atoms with Gasteiger partial charge in [0.05, 0.1) is 9.85 Å². The summed E-state index contributed by atoms with van der Waals surface area (Å²) in [4.78, 5) is 29.9. The summed E-state index contributed by atoms with van der Waals surface area (Å²) in [6.45, 7) is 0. The number of aromatic hydroxyl groups is 1. The Kier molecular flexibility index (Phi) is 3.97. The summed E-state index contributed by atoms with van der Waals surface area (Å²) in [6, 6.07) is 0.347. The predicted molar refractivity (Wildman–Crippen MR) is 60.7 cm³/mol. The number of carboxylic acids is 1. The molecule has 0 saturated carbocycles. The number of nitro groups is 2. The Morgan fingerprint density at radius 2 is 1.68 bits per heavy atom. The number of hydrogen-bond acceptors (Lipinski definition) is 7. The van der Waals surface area contributed by atoms with Crippen molar-refractivity contribution in [3.63, 3.8) is 0 Å².